The van der Waals surface area contributed by atoms with E-state index in [1.165, 1.54) is 11.8 Å². The standard InChI is InChI=1S/C23H24Cl2N4O2S/c1-14(26-22(30)16-6-4-7-16)21-27-28-23(29(21)20-12-17(24)9-10-19(20)25)32-13-15-5-3-8-18(11-15)31-2/h3,5,8-12,14,16H,4,6-7,13H2,1-2H3,(H,26,30). The Morgan fingerprint density at radius 3 is 2.78 bits per heavy atom. The van der Waals surface area contributed by atoms with Crippen LogP contribution in [0.1, 0.15) is 43.6 Å². The number of methoxy groups -OCH3 is 1. The fourth-order valence-corrected chi connectivity index (χ4v) is 4.78. The molecule has 0 aliphatic heterocycles. The van der Waals surface area contributed by atoms with Crippen LogP contribution in [0.4, 0.5) is 0 Å². The average Bonchev–Trinajstić information content (AvgIpc) is 3.16. The van der Waals surface area contributed by atoms with Crippen molar-refractivity contribution in [2.75, 3.05) is 7.11 Å². The molecular weight excluding hydrogens is 467 g/mol. The molecule has 9 heteroatoms. The number of carbonyl (C=O) groups is 1. The molecule has 1 aliphatic rings. The van der Waals surface area contributed by atoms with Gasteiger partial charge in [-0.1, -0.05) is 53.5 Å². The number of hydrogen-bond acceptors (Lipinski definition) is 5. The second-order valence-electron chi connectivity index (χ2n) is 7.77. The van der Waals surface area contributed by atoms with Crippen molar-refractivity contribution < 1.29 is 9.53 Å². The van der Waals surface area contributed by atoms with Gasteiger partial charge in [0, 0.05) is 16.7 Å². The van der Waals surface area contributed by atoms with Gasteiger partial charge in [-0.15, -0.1) is 10.2 Å². The van der Waals surface area contributed by atoms with E-state index >= 15 is 0 Å². The van der Waals surface area contributed by atoms with E-state index in [-0.39, 0.29) is 17.9 Å². The van der Waals surface area contributed by atoms with Gasteiger partial charge in [-0.3, -0.25) is 9.36 Å². The predicted octanol–water partition coefficient (Wildman–Crippen LogP) is 5.85. The predicted molar refractivity (Wildman–Crippen MR) is 128 cm³/mol. The highest BCUT2D eigenvalue weighted by Crippen LogP contribution is 2.33. The third kappa shape index (κ3) is 5.05. The molecule has 1 atom stereocenters. The first kappa shape index (κ1) is 23.0. The van der Waals surface area contributed by atoms with Gasteiger partial charge in [0.05, 0.1) is 23.9 Å². The second-order valence-corrected chi connectivity index (χ2v) is 9.56. The third-order valence-corrected chi connectivity index (χ3v) is 7.09. The lowest BCUT2D eigenvalue weighted by Gasteiger charge is -2.26. The van der Waals surface area contributed by atoms with E-state index in [1.54, 1.807) is 25.3 Å². The highest BCUT2D eigenvalue weighted by atomic mass is 35.5. The van der Waals surface area contributed by atoms with Crippen LogP contribution in [0.5, 0.6) is 5.75 Å². The minimum Gasteiger partial charge on any atom is -0.497 e. The number of ether oxygens (including phenoxy) is 1. The number of hydrogen-bond donors (Lipinski definition) is 1. The zero-order chi connectivity index (χ0) is 22.7. The molecule has 1 N–H and O–H groups in total. The minimum absolute atomic E-state index is 0.0566. The molecule has 2 aromatic carbocycles. The topological polar surface area (TPSA) is 69.0 Å². The largest absolute Gasteiger partial charge is 0.497 e. The van der Waals surface area contributed by atoms with Crippen LogP contribution in [-0.2, 0) is 10.5 Å². The maximum Gasteiger partial charge on any atom is 0.223 e. The molecule has 0 radical (unpaired) electrons. The summed E-state index contributed by atoms with van der Waals surface area (Å²) in [5.41, 5.74) is 1.77. The van der Waals surface area contributed by atoms with E-state index < -0.39 is 0 Å². The number of thioether (sulfide) groups is 1. The Morgan fingerprint density at radius 1 is 1.25 bits per heavy atom. The van der Waals surface area contributed by atoms with Gasteiger partial charge in [-0.2, -0.15) is 0 Å². The zero-order valence-electron chi connectivity index (χ0n) is 17.8. The Morgan fingerprint density at radius 2 is 2.06 bits per heavy atom. The molecule has 32 heavy (non-hydrogen) atoms. The molecule has 6 nitrogen and oxygen atoms in total. The Kier molecular flexibility index (Phi) is 7.28. The van der Waals surface area contributed by atoms with E-state index in [1.807, 2.05) is 35.8 Å². The minimum atomic E-state index is -0.336. The average molecular weight is 491 g/mol. The molecule has 1 saturated carbocycles. The maximum absolute atomic E-state index is 12.5. The molecule has 1 amide bonds. The summed E-state index contributed by atoms with van der Waals surface area (Å²) in [5.74, 6) is 2.22. The summed E-state index contributed by atoms with van der Waals surface area (Å²) >= 11 is 14.3. The van der Waals surface area contributed by atoms with Crippen LogP contribution in [0.3, 0.4) is 0 Å². The number of benzene rings is 2. The van der Waals surface area contributed by atoms with Crippen molar-refractivity contribution in [3.05, 3.63) is 63.9 Å². The highest BCUT2D eigenvalue weighted by molar-refractivity contribution is 7.98. The van der Waals surface area contributed by atoms with Crippen LogP contribution in [0.2, 0.25) is 10.0 Å². The molecular formula is C23H24Cl2N4O2S. The van der Waals surface area contributed by atoms with Crippen molar-refractivity contribution >= 4 is 40.9 Å². The van der Waals surface area contributed by atoms with Gasteiger partial charge < -0.3 is 10.1 Å². The molecule has 4 rings (SSSR count). The lowest BCUT2D eigenvalue weighted by atomic mass is 9.84. The van der Waals surface area contributed by atoms with Crippen molar-refractivity contribution in [2.24, 2.45) is 5.92 Å². The third-order valence-electron chi connectivity index (χ3n) is 5.53. The van der Waals surface area contributed by atoms with Gasteiger partial charge >= 0.3 is 0 Å². The van der Waals surface area contributed by atoms with E-state index in [2.05, 4.69) is 15.5 Å². The SMILES string of the molecule is COc1cccc(CSc2nnc(C(C)NC(=O)C3CCC3)n2-c2cc(Cl)ccc2Cl)c1. The summed E-state index contributed by atoms with van der Waals surface area (Å²) in [5, 5.41) is 13.7. The van der Waals surface area contributed by atoms with Crippen LogP contribution in [0, 0.1) is 5.92 Å². The van der Waals surface area contributed by atoms with Crippen LogP contribution < -0.4 is 10.1 Å². The van der Waals surface area contributed by atoms with Crippen LogP contribution in [0.15, 0.2) is 47.6 Å². The number of nitrogens with zero attached hydrogens (tertiary/aromatic N) is 3. The van der Waals surface area contributed by atoms with Crippen LogP contribution in [-0.4, -0.2) is 27.8 Å². The van der Waals surface area contributed by atoms with Gasteiger partial charge in [0.1, 0.15) is 5.75 Å². The quantitative estimate of drug-likeness (QED) is 0.400. The van der Waals surface area contributed by atoms with Crippen molar-refractivity contribution in [1.29, 1.82) is 0 Å². The molecule has 0 bridgehead atoms. The van der Waals surface area contributed by atoms with Gasteiger partial charge in [-0.05, 0) is 55.7 Å². The highest BCUT2D eigenvalue weighted by Gasteiger charge is 2.28. The fraction of sp³-hybridized carbons (Fsp3) is 0.348. The molecule has 0 saturated heterocycles. The summed E-state index contributed by atoms with van der Waals surface area (Å²) in [6.45, 7) is 1.91. The Hall–Kier alpha value is -2.22. The summed E-state index contributed by atoms with van der Waals surface area (Å²) in [6.07, 6.45) is 2.98. The van der Waals surface area contributed by atoms with E-state index in [4.69, 9.17) is 27.9 Å². The van der Waals surface area contributed by atoms with E-state index in [0.29, 0.717) is 32.5 Å². The van der Waals surface area contributed by atoms with Gasteiger partial charge in [0.25, 0.3) is 0 Å². The van der Waals surface area contributed by atoms with Crippen molar-refractivity contribution in [3.63, 3.8) is 0 Å². The van der Waals surface area contributed by atoms with Crippen LogP contribution in [0.25, 0.3) is 5.69 Å². The van der Waals surface area contributed by atoms with Crippen molar-refractivity contribution in [1.82, 2.24) is 20.1 Å². The number of carbonyl (C=O) groups excluding carboxylic acids is 1. The molecule has 1 unspecified atom stereocenters. The number of rotatable bonds is 8. The van der Waals surface area contributed by atoms with Crippen molar-refractivity contribution in [3.8, 4) is 11.4 Å². The first-order chi connectivity index (χ1) is 15.5. The first-order valence-corrected chi connectivity index (χ1v) is 12.2. The number of halogens is 2. The summed E-state index contributed by atoms with van der Waals surface area (Å²) in [6, 6.07) is 12.8. The fourth-order valence-electron chi connectivity index (χ4n) is 3.52. The lowest BCUT2D eigenvalue weighted by molar-refractivity contribution is -0.128. The second kappa shape index (κ2) is 10.1. The molecule has 1 heterocycles. The zero-order valence-corrected chi connectivity index (χ0v) is 20.2. The molecule has 1 aliphatic carbocycles. The number of amides is 1. The Bertz CT molecular complexity index is 1120. The molecule has 168 valence electrons. The Balaban J connectivity index is 1.65. The summed E-state index contributed by atoms with van der Waals surface area (Å²) in [7, 11) is 1.65. The number of nitrogens with one attached hydrogen (secondary N) is 1. The van der Waals surface area contributed by atoms with Gasteiger partial charge in [-0.25, -0.2) is 0 Å². The van der Waals surface area contributed by atoms with Crippen LogP contribution >= 0.6 is 35.0 Å². The normalized spacial score (nSPS) is 14.6. The molecule has 0 spiro atoms. The van der Waals surface area contributed by atoms with Gasteiger partial charge in [0.2, 0.25) is 5.91 Å². The monoisotopic (exact) mass is 490 g/mol. The maximum atomic E-state index is 12.5. The molecule has 3 aromatic rings. The molecule has 1 fully saturated rings. The van der Waals surface area contributed by atoms with Crippen molar-refractivity contribution in [2.45, 2.75) is 43.1 Å². The van der Waals surface area contributed by atoms with E-state index in [9.17, 15) is 4.79 Å². The van der Waals surface area contributed by atoms with E-state index in [0.717, 1.165) is 30.6 Å². The molecule has 1 aromatic heterocycles. The Labute approximate surface area is 201 Å². The van der Waals surface area contributed by atoms with Gasteiger partial charge in [0.15, 0.2) is 11.0 Å². The number of aromatic nitrogens is 3. The lowest BCUT2D eigenvalue weighted by Crippen LogP contribution is -2.36. The summed E-state index contributed by atoms with van der Waals surface area (Å²) in [4.78, 5) is 12.5. The smallest absolute Gasteiger partial charge is 0.223 e. The first-order valence-electron chi connectivity index (χ1n) is 10.4. The summed E-state index contributed by atoms with van der Waals surface area (Å²) < 4.78 is 7.20.